The number of phenolic OH excluding ortho intramolecular Hbond substituents is 2. The van der Waals surface area contributed by atoms with Crippen LogP contribution in [0.2, 0.25) is 0 Å². The van der Waals surface area contributed by atoms with E-state index in [4.69, 9.17) is 4.74 Å². The molecule has 0 aliphatic carbocycles. The molecule has 34 heavy (non-hydrogen) atoms. The first-order valence-electron chi connectivity index (χ1n) is 11.8. The Morgan fingerprint density at radius 2 is 1.29 bits per heavy atom. The molecule has 4 aromatic rings. The van der Waals surface area contributed by atoms with E-state index >= 15 is 0 Å². The normalized spacial score (nSPS) is 14.2. The zero-order valence-electron chi connectivity index (χ0n) is 19.1. The van der Waals surface area contributed by atoms with Crippen molar-refractivity contribution in [1.82, 2.24) is 4.90 Å². The Morgan fingerprint density at radius 3 is 1.94 bits per heavy atom. The van der Waals surface area contributed by atoms with Crippen LogP contribution in [0.3, 0.4) is 0 Å². The van der Waals surface area contributed by atoms with Gasteiger partial charge in [-0.25, -0.2) is 0 Å². The average molecular weight is 519 g/mol. The van der Waals surface area contributed by atoms with E-state index in [-0.39, 0.29) is 26.0 Å². The van der Waals surface area contributed by atoms with Crippen LogP contribution in [0.15, 0.2) is 78.9 Å². The van der Waals surface area contributed by atoms with Gasteiger partial charge in [0, 0.05) is 0 Å². The number of nitrogens with zero attached hydrogens (tertiary/aromatic N) is 1. The Bertz CT molecular complexity index is 1210. The van der Waals surface area contributed by atoms with Crippen LogP contribution < -0.4 is 4.74 Å². The zero-order chi connectivity index (χ0) is 23.3. The average Bonchev–Trinajstić information content (AvgIpc) is 3.31. The van der Waals surface area contributed by atoms with Gasteiger partial charge in [0.1, 0.15) is 0 Å². The molecule has 0 saturated carbocycles. The number of rotatable bonds is 7. The summed E-state index contributed by atoms with van der Waals surface area (Å²) in [7, 11) is 0. The fourth-order valence-electron chi connectivity index (χ4n) is 4.41. The van der Waals surface area contributed by atoms with Crippen molar-refractivity contribution >= 4 is 14.5 Å². The quantitative estimate of drug-likeness (QED) is 0.294. The molecule has 1 fully saturated rings. The van der Waals surface area contributed by atoms with E-state index in [2.05, 4.69) is 35.2 Å². The molecule has 0 unspecified atom stereocenters. The van der Waals surface area contributed by atoms with Crippen molar-refractivity contribution in [1.29, 1.82) is 0 Å². The number of likely N-dealkylation sites (tertiary alicyclic amines) is 1. The van der Waals surface area contributed by atoms with Crippen molar-refractivity contribution in [2.45, 2.75) is 19.3 Å². The zero-order valence-corrected chi connectivity index (χ0v) is 20.8. The van der Waals surface area contributed by atoms with Crippen molar-refractivity contribution in [3.63, 3.8) is 0 Å². The van der Waals surface area contributed by atoms with Crippen LogP contribution in [0.25, 0.3) is 31.1 Å². The topological polar surface area (TPSA) is 52.9 Å². The molecule has 2 heterocycles. The summed E-state index contributed by atoms with van der Waals surface area (Å²) in [5.74, 6) is 1.45. The van der Waals surface area contributed by atoms with Crippen LogP contribution in [0, 0.1) is 0 Å². The summed E-state index contributed by atoms with van der Waals surface area (Å²) in [5.41, 5.74) is 4.61. The number of ether oxygens (including phenoxy) is 1. The van der Waals surface area contributed by atoms with E-state index in [1.54, 1.807) is 24.3 Å². The van der Waals surface area contributed by atoms with Gasteiger partial charge in [-0.05, 0) is 0 Å². The molecule has 1 aliphatic rings. The maximum absolute atomic E-state index is 9.76. The van der Waals surface area contributed by atoms with Gasteiger partial charge in [-0.3, -0.25) is 0 Å². The molecular formula is C29H29NO3Se. The standard InChI is InChI=1S/C29H29NO3Se/c31-24-10-4-22(5-11-24)28-20-27(29(34-28)23-6-12-25(32)13-7-23)21-8-14-26(15-9-21)33-19-18-30-16-2-1-3-17-30/h4-15,20,31-32H,1-3,16-19H2. The van der Waals surface area contributed by atoms with E-state index in [1.807, 2.05) is 24.3 Å². The van der Waals surface area contributed by atoms with Gasteiger partial charge in [0.15, 0.2) is 0 Å². The van der Waals surface area contributed by atoms with E-state index in [1.165, 1.54) is 46.8 Å². The van der Waals surface area contributed by atoms with Crippen molar-refractivity contribution in [2.75, 3.05) is 26.2 Å². The number of hydrogen-bond donors (Lipinski definition) is 2. The van der Waals surface area contributed by atoms with Crippen LogP contribution in [0.1, 0.15) is 19.3 Å². The molecule has 3 aromatic carbocycles. The van der Waals surface area contributed by atoms with E-state index in [0.717, 1.165) is 35.6 Å². The molecule has 174 valence electrons. The van der Waals surface area contributed by atoms with E-state index in [9.17, 15) is 10.2 Å². The first kappa shape index (κ1) is 22.8. The molecule has 0 spiro atoms. The summed E-state index contributed by atoms with van der Waals surface area (Å²) in [6, 6.07) is 25.5. The van der Waals surface area contributed by atoms with Crippen molar-refractivity contribution in [3.05, 3.63) is 78.9 Å². The fraction of sp³-hybridized carbons (Fsp3) is 0.241. The number of piperidine rings is 1. The molecule has 2 N–H and O–H groups in total. The molecule has 1 aliphatic heterocycles. The van der Waals surface area contributed by atoms with Gasteiger partial charge in [-0.1, -0.05) is 6.42 Å². The predicted molar refractivity (Wildman–Crippen MR) is 139 cm³/mol. The van der Waals surface area contributed by atoms with Crippen LogP contribution in [-0.2, 0) is 0 Å². The van der Waals surface area contributed by atoms with E-state index < -0.39 is 0 Å². The molecule has 0 atom stereocenters. The van der Waals surface area contributed by atoms with Crippen molar-refractivity contribution in [2.24, 2.45) is 0 Å². The third-order valence-electron chi connectivity index (χ3n) is 6.30. The molecule has 0 radical (unpaired) electrons. The number of aromatic hydroxyl groups is 2. The first-order chi connectivity index (χ1) is 16.7. The van der Waals surface area contributed by atoms with Crippen LogP contribution in [-0.4, -0.2) is 55.9 Å². The molecule has 0 amide bonds. The number of phenols is 2. The Balaban J connectivity index is 1.38. The van der Waals surface area contributed by atoms with Crippen molar-refractivity contribution in [3.8, 4) is 48.4 Å². The van der Waals surface area contributed by atoms with Gasteiger partial charge in [-0.2, -0.15) is 0 Å². The van der Waals surface area contributed by atoms with Crippen LogP contribution in [0.5, 0.6) is 17.2 Å². The molecule has 5 heteroatoms. The van der Waals surface area contributed by atoms with Crippen LogP contribution >= 0.6 is 0 Å². The van der Waals surface area contributed by atoms with Crippen LogP contribution in [0.4, 0.5) is 0 Å². The second kappa shape index (κ2) is 10.5. The summed E-state index contributed by atoms with van der Waals surface area (Å²) in [6.07, 6.45) is 3.95. The summed E-state index contributed by atoms with van der Waals surface area (Å²) in [4.78, 5) is 2.49. The second-order valence-corrected chi connectivity index (χ2v) is 10.9. The van der Waals surface area contributed by atoms with Gasteiger partial charge in [-0.15, -0.1) is 0 Å². The Labute approximate surface area is 206 Å². The van der Waals surface area contributed by atoms with Gasteiger partial charge >= 0.3 is 201 Å². The maximum atomic E-state index is 9.76. The van der Waals surface area contributed by atoms with Crippen molar-refractivity contribution < 1.29 is 14.9 Å². The third kappa shape index (κ3) is 5.39. The van der Waals surface area contributed by atoms with E-state index in [0.29, 0.717) is 0 Å². The molecular weight excluding hydrogens is 489 g/mol. The van der Waals surface area contributed by atoms with Gasteiger partial charge in [0.25, 0.3) is 0 Å². The SMILES string of the molecule is Oc1ccc(-c2cc(-c3ccc(OCCN4CCCCC4)cc3)c(-c3ccc(O)cc3)[se]2)cc1. The summed E-state index contributed by atoms with van der Waals surface area (Å²) < 4.78 is 8.59. The minimum absolute atomic E-state index is 0.104. The summed E-state index contributed by atoms with van der Waals surface area (Å²) in [6.45, 7) is 4.08. The summed E-state index contributed by atoms with van der Waals surface area (Å²) in [5, 5.41) is 19.4. The minimum atomic E-state index is 0.104. The monoisotopic (exact) mass is 519 g/mol. The first-order valence-corrected chi connectivity index (χ1v) is 13.6. The van der Waals surface area contributed by atoms with Gasteiger partial charge < -0.3 is 0 Å². The Morgan fingerprint density at radius 1 is 0.706 bits per heavy atom. The number of hydrogen-bond acceptors (Lipinski definition) is 4. The number of benzene rings is 3. The summed E-state index contributed by atoms with van der Waals surface area (Å²) >= 11 is 0.104. The molecule has 1 aromatic heterocycles. The van der Waals surface area contributed by atoms with Gasteiger partial charge in [0.2, 0.25) is 0 Å². The predicted octanol–water partition coefficient (Wildman–Crippen LogP) is 6.02. The molecule has 0 bridgehead atoms. The Kier molecular flexibility index (Phi) is 7.05. The second-order valence-electron chi connectivity index (χ2n) is 8.72. The van der Waals surface area contributed by atoms with Gasteiger partial charge in [0.05, 0.1) is 0 Å². The Hall–Kier alpha value is -2.98. The molecule has 5 rings (SSSR count). The molecule has 4 nitrogen and oxygen atoms in total. The molecule has 1 saturated heterocycles. The fourth-order valence-corrected chi connectivity index (χ4v) is 6.91. The third-order valence-corrected chi connectivity index (χ3v) is 8.89.